The number of aryl methyl sites for hydroxylation is 2. The number of imidazole rings is 1. The van der Waals surface area contributed by atoms with Crippen LogP contribution in [0, 0.1) is 13.8 Å². The molecule has 2 heterocycles. The highest BCUT2D eigenvalue weighted by molar-refractivity contribution is 5.83. The van der Waals surface area contributed by atoms with E-state index in [-0.39, 0.29) is 0 Å². The summed E-state index contributed by atoms with van der Waals surface area (Å²) >= 11 is 0. The molecule has 1 aliphatic rings. The lowest BCUT2D eigenvalue weighted by Crippen LogP contribution is -2.01. The fourth-order valence-corrected chi connectivity index (χ4v) is 3.36. The van der Waals surface area contributed by atoms with Crippen LogP contribution in [0.1, 0.15) is 38.6 Å². The number of hydrogen-bond acceptors (Lipinski definition) is 3. The van der Waals surface area contributed by atoms with Gasteiger partial charge in [-0.15, -0.1) is 0 Å². The Kier molecular flexibility index (Phi) is 5.75. The van der Waals surface area contributed by atoms with Gasteiger partial charge in [0.1, 0.15) is 5.76 Å². The summed E-state index contributed by atoms with van der Waals surface area (Å²) in [7, 11) is 0. The van der Waals surface area contributed by atoms with E-state index in [1.54, 1.807) is 0 Å². The first-order valence-electron chi connectivity index (χ1n) is 9.54. The fraction of sp³-hybridized carbons (Fsp3) is 0.304. The van der Waals surface area contributed by atoms with Crippen LogP contribution < -0.4 is 0 Å². The quantitative estimate of drug-likeness (QED) is 0.560. The number of fused-ring (bicyclic) bond motifs is 1. The van der Waals surface area contributed by atoms with Crippen molar-refractivity contribution in [2.24, 2.45) is 0 Å². The van der Waals surface area contributed by atoms with Crippen LogP contribution in [0.2, 0.25) is 0 Å². The summed E-state index contributed by atoms with van der Waals surface area (Å²) in [5, 5.41) is 4.08. The third-order valence-corrected chi connectivity index (χ3v) is 4.78. The van der Waals surface area contributed by atoms with E-state index < -0.39 is 0 Å². The van der Waals surface area contributed by atoms with E-state index in [2.05, 4.69) is 64.1 Å². The molecule has 3 aromatic rings. The van der Waals surface area contributed by atoms with Crippen molar-refractivity contribution in [2.75, 3.05) is 0 Å². The molecule has 1 aliphatic carbocycles. The Hall–Kier alpha value is -2.88. The summed E-state index contributed by atoms with van der Waals surface area (Å²) in [4.78, 5) is 4.56. The fourth-order valence-electron chi connectivity index (χ4n) is 3.36. The molecule has 4 heteroatoms. The monoisotopic (exact) mass is 361 g/mol. The number of aromatic nitrogens is 3. The molecule has 0 spiro atoms. The van der Waals surface area contributed by atoms with Crippen molar-refractivity contribution in [3.05, 3.63) is 71.4 Å². The molecule has 140 valence electrons. The summed E-state index contributed by atoms with van der Waals surface area (Å²) in [6.07, 6.45) is 11.7. The van der Waals surface area contributed by atoms with E-state index in [9.17, 15) is 0 Å². The van der Waals surface area contributed by atoms with Crippen LogP contribution in [0.15, 0.2) is 64.5 Å². The predicted octanol–water partition coefficient (Wildman–Crippen LogP) is 6.17. The number of benzene rings is 1. The second-order valence-electron chi connectivity index (χ2n) is 6.52. The highest BCUT2D eigenvalue weighted by Crippen LogP contribution is 2.30. The van der Waals surface area contributed by atoms with Gasteiger partial charge in [0, 0.05) is 12.1 Å². The first kappa shape index (κ1) is 18.9. The van der Waals surface area contributed by atoms with Crippen LogP contribution in [0.25, 0.3) is 22.2 Å². The Balaban J connectivity index is 0.00000102. The van der Waals surface area contributed by atoms with E-state index in [0.29, 0.717) is 0 Å². The van der Waals surface area contributed by atoms with Crippen LogP contribution in [0.3, 0.4) is 0 Å². The molecule has 0 unspecified atom stereocenters. The zero-order chi connectivity index (χ0) is 19.4. The third kappa shape index (κ3) is 3.80. The summed E-state index contributed by atoms with van der Waals surface area (Å²) < 4.78 is 7.53. The average Bonchev–Trinajstić information content (AvgIpc) is 3.16. The normalized spacial score (nSPS) is 13.7. The second kappa shape index (κ2) is 8.21. The highest BCUT2D eigenvalue weighted by atomic mass is 16.5. The highest BCUT2D eigenvalue weighted by Gasteiger charge is 2.14. The molecule has 4 rings (SSSR count). The molecule has 2 aromatic heterocycles. The summed E-state index contributed by atoms with van der Waals surface area (Å²) in [6.45, 7) is 10.9. The van der Waals surface area contributed by atoms with Gasteiger partial charge in [0.2, 0.25) is 0 Å². The Bertz CT molecular complexity index is 1010. The maximum absolute atomic E-state index is 5.33. The van der Waals surface area contributed by atoms with Crippen LogP contribution in [-0.4, -0.2) is 14.7 Å². The Morgan fingerprint density at radius 3 is 2.70 bits per heavy atom. The van der Waals surface area contributed by atoms with Gasteiger partial charge in [-0.25, -0.2) is 4.98 Å². The van der Waals surface area contributed by atoms with Gasteiger partial charge in [0.15, 0.2) is 0 Å². The zero-order valence-electron chi connectivity index (χ0n) is 16.8. The minimum atomic E-state index is 0.814. The Morgan fingerprint density at radius 2 is 1.96 bits per heavy atom. The molecular formula is C23H27N3O. The number of nitrogens with zero attached hydrogens (tertiary/aromatic N) is 3. The van der Waals surface area contributed by atoms with E-state index in [1.807, 2.05) is 34.0 Å². The Labute approximate surface area is 160 Å². The van der Waals surface area contributed by atoms with Crippen LogP contribution >= 0.6 is 0 Å². The van der Waals surface area contributed by atoms with Gasteiger partial charge in [-0.3, -0.25) is 0 Å². The zero-order valence-corrected chi connectivity index (χ0v) is 16.8. The third-order valence-electron chi connectivity index (χ3n) is 4.78. The molecule has 1 aromatic carbocycles. The lowest BCUT2D eigenvalue weighted by atomic mass is 10.0. The topological polar surface area (TPSA) is 43.9 Å². The summed E-state index contributed by atoms with van der Waals surface area (Å²) in [5.41, 5.74) is 7.87. The van der Waals surface area contributed by atoms with Gasteiger partial charge in [0.05, 0.1) is 23.1 Å². The molecule has 0 amide bonds. The summed E-state index contributed by atoms with van der Waals surface area (Å²) in [6, 6.07) is 6.34. The minimum Gasteiger partial charge on any atom is -0.361 e. The number of hydrogen-bond donors (Lipinski definition) is 0. The van der Waals surface area contributed by atoms with Crippen molar-refractivity contribution in [2.45, 2.75) is 47.6 Å². The SMILES string of the molecule is CC.CC1=CCC=CC=C1Cn1cnc2ccc(-c3c(C)noc3C)cc21. The molecule has 0 N–H and O–H groups in total. The van der Waals surface area contributed by atoms with E-state index in [4.69, 9.17) is 4.52 Å². The van der Waals surface area contributed by atoms with Crippen molar-refractivity contribution >= 4 is 11.0 Å². The standard InChI is InChI=1S/C21H21N3O.C2H6/c1-14-7-5-4-6-8-18(14)12-24-13-22-19-10-9-17(11-20(19)24)21-15(2)23-25-16(21)3;1-2/h4,6-11,13H,5,12H2,1-3H3;1-2H3. The van der Waals surface area contributed by atoms with Crippen molar-refractivity contribution in [1.82, 2.24) is 14.7 Å². The molecule has 0 fully saturated rings. The summed E-state index contributed by atoms with van der Waals surface area (Å²) in [5.74, 6) is 0.846. The van der Waals surface area contributed by atoms with Gasteiger partial charge in [0.25, 0.3) is 0 Å². The van der Waals surface area contributed by atoms with Gasteiger partial charge in [-0.2, -0.15) is 0 Å². The predicted molar refractivity (Wildman–Crippen MR) is 112 cm³/mol. The average molecular weight is 361 g/mol. The molecule has 0 radical (unpaired) electrons. The smallest absolute Gasteiger partial charge is 0.141 e. The maximum atomic E-state index is 5.33. The number of allylic oxidation sites excluding steroid dienone is 6. The van der Waals surface area contributed by atoms with Crippen LogP contribution in [-0.2, 0) is 6.54 Å². The first-order valence-corrected chi connectivity index (χ1v) is 9.54. The minimum absolute atomic E-state index is 0.814. The van der Waals surface area contributed by atoms with E-state index in [0.717, 1.165) is 46.6 Å². The molecule has 0 saturated carbocycles. The van der Waals surface area contributed by atoms with Crippen LogP contribution in [0.4, 0.5) is 0 Å². The maximum Gasteiger partial charge on any atom is 0.141 e. The second-order valence-corrected chi connectivity index (χ2v) is 6.52. The number of rotatable bonds is 3. The molecule has 4 nitrogen and oxygen atoms in total. The Morgan fingerprint density at radius 1 is 1.15 bits per heavy atom. The van der Waals surface area contributed by atoms with Gasteiger partial charge in [-0.1, -0.05) is 49.4 Å². The molecule has 0 aliphatic heterocycles. The van der Waals surface area contributed by atoms with E-state index >= 15 is 0 Å². The van der Waals surface area contributed by atoms with Crippen LogP contribution in [0.5, 0.6) is 0 Å². The van der Waals surface area contributed by atoms with Crippen molar-refractivity contribution in [3.63, 3.8) is 0 Å². The van der Waals surface area contributed by atoms with Crippen molar-refractivity contribution in [3.8, 4) is 11.1 Å². The molecule has 0 bridgehead atoms. The van der Waals surface area contributed by atoms with Gasteiger partial charge >= 0.3 is 0 Å². The lowest BCUT2D eigenvalue weighted by molar-refractivity contribution is 0.393. The largest absolute Gasteiger partial charge is 0.361 e. The lowest BCUT2D eigenvalue weighted by Gasteiger charge is -2.10. The molecule has 27 heavy (non-hydrogen) atoms. The first-order chi connectivity index (χ1) is 13.1. The molecule has 0 atom stereocenters. The molecular weight excluding hydrogens is 334 g/mol. The van der Waals surface area contributed by atoms with Gasteiger partial charge < -0.3 is 9.09 Å². The van der Waals surface area contributed by atoms with Crippen molar-refractivity contribution in [1.29, 1.82) is 0 Å². The van der Waals surface area contributed by atoms with Gasteiger partial charge in [-0.05, 0) is 56.0 Å². The molecule has 0 saturated heterocycles. The van der Waals surface area contributed by atoms with Crippen molar-refractivity contribution < 1.29 is 4.52 Å². The van der Waals surface area contributed by atoms with E-state index in [1.165, 1.54) is 11.1 Å².